The molecule has 1 aromatic heterocycles. The Bertz CT molecular complexity index is 509. The Balaban J connectivity index is 2.12. The molecule has 1 saturated heterocycles. The third-order valence-corrected chi connectivity index (χ3v) is 4.54. The Morgan fingerprint density at radius 3 is 2.44 bits per heavy atom. The van der Waals surface area contributed by atoms with Crippen LogP contribution in [0.2, 0.25) is 0 Å². The molecule has 18 heavy (non-hydrogen) atoms. The lowest BCUT2D eigenvalue weighted by molar-refractivity contribution is 0.482. The summed E-state index contributed by atoms with van der Waals surface area (Å²) in [4.78, 5) is 0. The van der Waals surface area contributed by atoms with Gasteiger partial charge in [0.05, 0.1) is 0 Å². The zero-order valence-corrected chi connectivity index (χ0v) is 11.8. The van der Waals surface area contributed by atoms with Crippen LogP contribution < -0.4 is 4.72 Å². The Hall–Kier alpha value is -1.08. The zero-order valence-electron chi connectivity index (χ0n) is 11.0. The van der Waals surface area contributed by atoms with Gasteiger partial charge in [-0.15, -0.1) is 0 Å². The number of aromatic nitrogens is 2. The minimum atomic E-state index is -3.44. The second-order valence-electron chi connectivity index (χ2n) is 5.63. The van der Waals surface area contributed by atoms with Gasteiger partial charge >= 0.3 is 10.2 Å². The number of hydrogen-bond acceptors (Lipinski definition) is 3. The molecule has 2 N–H and O–H groups in total. The fraction of sp³-hybridized carbons (Fsp3) is 0.727. The molecule has 2 heterocycles. The summed E-state index contributed by atoms with van der Waals surface area (Å²) >= 11 is 0. The molecular weight excluding hydrogens is 252 g/mol. The molecule has 1 aromatic rings. The highest BCUT2D eigenvalue weighted by molar-refractivity contribution is 7.90. The van der Waals surface area contributed by atoms with Crippen molar-refractivity contribution in [3.63, 3.8) is 0 Å². The maximum Gasteiger partial charge on any atom is 0.302 e. The molecule has 0 atom stereocenters. The second kappa shape index (κ2) is 4.55. The Labute approximate surface area is 108 Å². The molecule has 2 rings (SSSR count). The van der Waals surface area contributed by atoms with Gasteiger partial charge < -0.3 is 0 Å². The van der Waals surface area contributed by atoms with E-state index in [2.05, 4.69) is 14.9 Å². The normalized spacial score (nSPS) is 18.2. The highest BCUT2D eigenvalue weighted by Gasteiger charge is 2.26. The smallest absolute Gasteiger partial charge is 0.280 e. The SMILES string of the molecule is CC(C)(C)c1cc(NS(=O)(=O)N2CCCC2)n[nH]1. The van der Waals surface area contributed by atoms with E-state index in [1.165, 1.54) is 4.31 Å². The predicted molar refractivity (Wildman–Crippen MR) is 70.6 cm³/mol. The summed E-state index contributed by atoms with van der Waals surface area (Å²) in [5.74, 6) is 0.354. The molecule has 0 aliphatic carbocycles. The van der Waals surface area contributed by atoms with Crippen molar-refractivity contribution in [2.75, 3.05) is 17.8 Å². The molecular formula is C11H20N4O2S. The van der Waals surface area contributed by atoms with Crippen LogP contribution in [-0.4, -0.2) is 36.0 Å². The number of rotatable bonds is 3. The minimum Gasteiger partial charge on any atom is -0.280 e. The van der Waals surface area contributed by atoms with Gasteiger partial charge in [0, 0.05) is 30.3 Å². The van der Waals surface area contributed by atoms with Crippen LogP contribution in [0.1, 0.15) is 39.3 Å². The molecule has 1 aliphatic heterocycles. The van der Waals surface area contributed by atoms with E-state index in [1.807, 2.05) is 20.8 Å². The third kappa shape index (κ3) is 2.84. The Morgan fingerprint density at radius 1 is 1.33 bits per heavy atom. The summed E-state index contributed by atoms with van der Waals surface area (Å²) in [6, 6.07) is 1.74. The van der Waals surface area contributed by atoms with Gasteiger partial charge in [-0.2, -0.15) is 17.8 Å². The van der Waals surface area contributed by atoms with Gasteiger partial charge in [-0.25, -0.2) is 0 Å². The van der Waals surface area contributed by atoms with Crippen LogP contribution in [0.15, 0.2) is 6.07 Å². The van der Waals surface area contributed by atoms with Crippen molar-refractivity contribution in [3.8, 4) is 0 Å². The van der Waals surface area contributed by atoms with Crippen molar-refractivity contribution in [2.45, 2.75) is 39.0 Å². The number of hydrogen-bond donors (Lipinski definition) is 2. The third-order valence-electron chi connectivity index (χ3n) is 3.02. The Morgan fingerprint density at radius 2 is 1.94 bits per heavy atom. The van der Waals surface area contributed by atoms with Crippen molar-refractivity contribution >= 4 is 16.0 Å². The predicted octanol–water partition coefficient (Wildman–Crippen LogP) is 1.46. The molecule has 7 heteroatoms. The van der Waals surface area contributed by atoms with Gasteiger partial charge in [0.2, 0.25) is 0 Å². The molecule has 0 aromatic carbocycles. The average Bonchev–Trinajstić information content (AvgIpc) is 2.83. The van der Waals surface area contributed by atoms with Crippen LogP contribution >= 0.6 is 0 Å². The van der Waals surface area contributed by atoms with Crippen molar-refractivity contribution < 1.29 is 8.42 Å². The topological polar surface area (TPSA) is 78.1 Å². The largest absolute Gasteiger partial charge is 0.302 e. The maximum atomic E-state index is 12.0. The fourth-order valence-corrected chi connectivity index (χ4v) is 3.12. The molecule has 102 valence electrons. The average molecular weight is 272 g/mol. The summed E-state index contributed by atoms with van der Waals surface area (Å²) in [5, 5.41) is 6.86. The van der Waals surface area contributed by atoms with Crippen LogP contribution in [0.3, 0.4) is 0 Å². The summed E-state index contributed by atoms with van der Waals surface area (Å²) in [6.07, 6.45) is 1.85. The summed E-state index contributed by atoms with van der Waals surface area (Å²) in [5.41, 5.74) is 0.825. The van der Waals surface area contributed by atoms with E-state index in [9.17, 15) is 8.42 Å². The van der Waals surface area contributed by atoms with Gasteiger partial charge in [-0.05, 0) is 12.8 Å². The first-order valence-corrected chi connectivity index (χ1v) is 7.57. The number of nitrogens with one attached hydrogen (secondary N) is 2. The van der Waals surface area contributed by atoms with Crippen LogP contribution in [0.4, 0.5) is 5.82 Å². The molecule has 1 aliphatic rings. The zero-order chi connectivity index (χ0) is 13.4. The monoisotopic (exact) mass is 272 g/mol. The maximum absolute atomic E-state index is 12.0. The first kappa shape index (κ1) is 13.4. The number of aromatic amines is 1. The van der Waals surface area contributed by atoms with Gasteiger partial charge in [0.15, 0.2) is 5.82 Å². The van der Waals surface area contributed by atoms with Crippen LogP contribution in [0, 0.1) is 0 Å². The molecule has 0 spiro atoms. The quantitative estimate of drug-likeness (QED) is 0.874. The molecule has 0 radical (unpaired) electrons. The van der Waals surface area contributed by atoms with Crippen molar-refractivity contribution in [2.24, 2.45) is 0 Å². The fourth-order valence-electron chi connectivity index (χ4n) is 1.88. The van der Waals surface area contributed by atoms with E-state index < -0.39 is 10.2 Å². The molecule has 0 saturated carbocycles. The lowest BCUT2D eigenvalue weighted by Gasteiger charge is -2.16. The van der Waals surface area contributed by atoms with Crippen molar-refractivity contribution in [1.29, 1.82) is 0 Å². The summed E-state index contributed by atoms with van der Waals surface area (Å²) in [6.45, 7) is 7.30. The van der Waals surface area contributed by atoms with Crippen LogP contribution in [0.25, 0.3) is 0 Å². The van der Waals surface area contributed by atoms with E-state index >= 15 is 0 Å². The van der Waals surface area contributed by atoms with E-state index in [0.717, 1.165) is 18.5 Å². The van der Waals surface area contributed by atoms with E-state index in [4.69, 9.17) is 0 Å². The van der Waals surface area contributed by atoms with E-state index in [-0.39, 0.29) is 5.41 Å². The Kier molecular flexibility index (Phi) is 3.37. The number of nitrogens with zero attached hydrogens (tertiary/aromatic N) is 2. The lowest BCUT2D eigenvalue weighted by Crippen LogP contribution is -2.33. The molecule has 0 amide bonds. The van der Waals surface area contributed by atoms with Crippen LogP contribution in [0.5, 0.6) is 0 Å². The van der Waals surface area contributed by atoms with Gasteiger partial charge in [-0.1, -0.05) is 20.8 Å². The highest BCUT2D eigenvalue weighted by Crippen LogP contribution is 2.23. The molecule has 0 unspecified atom stereocenters. The number of anilines is 1. The van der Waals surface area contributed by atoms with Gasteiger partial charge in [0.1, 0.15) is 0 Å². The second-order valence-corrected chi connectivity index (χ2v) is 7.30. The van der Waals surface area contributed by atoms with Gasteiger partial charge in [-0.3, -0.25) is 9.82 Å². The van der Waals surface area contributed by atoms with Crippen molar-refractivity contribution in [1.82, 2.24) is 14.5 Å². The summed E-state index contributed by atoms with van der Waals surface area (Å²) < 4.78 is 28.0. The first-order chi connectivity index (χ1) is 8.29. The molecule has 1 fully saturated rings. The van der Waals surface area contributed by atoms with E-state index in [1.54, 1.807) is 6.07 Å². The minimum absolute atomic E-state index is 0.0790. The molecule has 6 nitrogen and oxygen atoms in total. The van der Waals surface area contributed by atoms with Gasteiger partial charge in [0.25, 0.3) is 0 Å². The first-order valence-electron chi connectivity index (χ1n) is 6.13. The highest BCUT2D eigenvalue weighted by atomic mass is 32.2. The van der Waals surface area contributed by atoms with Crippen LogP contribution in [-0.2, 0) is 15.6 Å². The molecule has 0 bridgehead atoms. The lowest BCUT2D eigenvalue weighted by atomic mass is 9.92. The standard InChI is InChI=1S/C11H20N4O2S/c1-11(2,3)9-8-10(13-12-9)14-18(16,17)15-6-4-5-7-15/h8H,4-7H2,1-3H3,(H2,12,13,14). The van der Waals surface area contributed by atoms with Crippen molar-refractivity contribution in [3.05, 3.63) is 11.8 Å². The summed E-state index contributed by atoms with van der Waals surface area (Å²) in [7, 11) is -3.44. The number of H-pyrrole nitrogens is 1. The van der Waals surface area contributed by atoms with E-state index in [0.29, 0.717) is 18.9 Å².